The van der Waals surface area contributed by atoms with E-state index < -0.39 is 5.97 Å². The van der Waals surface area contributed by atoms with Crippen LogP contribution in [-0.4, -0.2) is 20.9 Å². The lowest BCUT2D eigenvalue weighted by molar-refractivity contribution is 0.0567. The van der Waals surface area contributed by atoms with E-state index in [1.54, 1.807) is 24.3 Å². The van der Waals surface area contributed by atoms with Crippen molar-refractivity contribution in [2.75, 3.05) is 7.11 Å². The molecule has 0 aliphatic rings. The van der Waals surface area contributed by atoms with Gasteiger partial charge in [0.05, 0.1) is 7.11 Å². The minimum Gasteiger partial charge on any atom is -0.463 e. The number of ether oxygens (including phenoxy) is 1. The van der Waals surface area contributed by atoms with Crippen molar-refractivity contribution in [3.8, 4) is 0 Å². The van der Waals surface area contributed by atoms with Crippen molar-refractivity contribution in [2.45, 2.75) is 0 Å². The maximum atomic E-state index is 11.1. The molecule has 14 heavy (non-hydrogen) atoms. The first-order valence-electron chi connectivity index (χ1n) is 4.08. The molecular formula is C10H7BO3. The number of carbonyl (C=O) groups excluding carboxylic acids is 1. The van der Waals surface area contributed by atoms with Crippen molar-refractivity contribution in [1.29, 1.82) is 0 Å². The number of hydrogen-bond donors (Lipinski definition) is 0. The first-order valence-corrected chi connectivity index (χ1v) is 4.08. The first kappa shape index (κ1) is 8.87. The molecule has 0 bridgehead atoms. The molecule has 0 aliphatic heterocycles. The molecule has 0 saturated heterocycles. The summed E-state index contributed by atoms with van der Waals surface area (Å²) in [5.74, 6) is -0.298. The highest BCUT2D eigenvalue weighted by Crippen LogP contribution is 2.18. The Morgan fingerprint density at radius 1 is 1.43 bits per heavy atom. The van der Waals surface area contributed by atoms with Gasteiger partial charge in [0.15, 0.2) is 0 Å². The summed E-state index contributed by atoms with van der Waals surface area (Å²) in [7, 11) is 6.89. The van der Waals surface area contributed by atoms with Crippen LogP contribution < -0.4 is 5.46 Å². The Bertz CT molecular complexity index is 487. The lowest BCUT2D eigenvalue weighted by atomic mass is 9.95. The highest BCUT2D eigenvalue weighted by Gasteiger charge is 2.11. The van der Waals surface area contributed by atoms with E-state index in [4.69, 9.17) is 12.3 Å². The number of esters is 1. The van der Waals surface area contributed by atoms with Gasteiger partial charge in [-0.15, -0.1) is 0 Å². The maximum absolute atomic E-state index is 11.1. The molecule has 0 spiro atoms. The highest BCUT2D eigenvalue weighted by atomic mass is 16.5. The average Bonchev–Trinajstić information content (AvgIpc) is 2.59. The van der Waals surface area contributed by atoms with Gasteiger partial charge in [0.25, 0.3) is 0 Å². The van der Waals surface area contributed by atoms with E-state index in [1.165, 1.54) is 7.11 Å². The Kier molecular flexibility index (Phi) is 2.04. The zero-order valence-corrected chi connectivity index (χ0v) is 7.61. The van der Waals surface area contributed by atoms with Crippen LogP contribution >= 0.6 is 0 Å². The Hall–Kier alpha value is -1.71. The minimum absolute atomic E-state index is 0.188. The van der Waals surface area contributed by atoms with E-state index >= 15 is 0 Å². The summed E-state index contributed by atoms with van der Waals surface area (Å²) in [5, 5.41) is 0.797. The van der Waals surface area contributed by atoms with Crippen LogP contribution in [0, 0.1) is 0 Å². The Morgan fingerprint density at radius 3 is 2.93 bits per heavy atom. The Balaban J connectivity index is 2.56. The maximum Gasteiger partial charge on any atom is 0.373 e. The summed E-state index contributed by atoms with van der Waals surface area (Å²) >= 11 is 0. The second kappa shape index (κ2) is 3.22. The quantitative estimate of drug-likeness (QED) is 0.492. The summed E-state index contributed by atoms with van der Waals surface area (Å²) in [6.07, 6.45) is 0. The number of hydrogen-bond acceptors (Lipinski definition) is 3. The fraction of sp³-hybridized carbons (Fsp3) is 0.100. The van der Waals surface area contributed by atoms with E-state index in [0.717, 1.165) is 5.39 Å². The molecule has 0 saturated carbocycles. The van der Waals surface area contributed by atoms with E-state index in [1.807, 2.05) is 0 Å². The summed E-state index contributed by atoms with van der Waals surface area (Å²) in [4.78, 5) is 11.1. The molecule has 3 nitrogen and oxygen atoms in total. The largest absolute Gasteiger partial charge is 0.463 e. The lowest BCUT2D eigenvalue weighted by Crippen LogP contribution is -1.98. The molecule has 0 amide bonds. The van der Waals surface area contributed by atoms with E-state index in [-0.39, 0.29) is 5.76 Å². The molecular weight excluding hydrogens is 179 g/mol. The number of fused-ring (bicyclic) bond motifs is 1. The molecule has 4 heteroatoms. The van der Waals surface area contributed by atoms with Gasteiger partial charge in [-0.05, 0) is 12.1 Å². The molecule has 68 valence electrons. The molecule has 1 aromatic heterocycles. The number of carbonyl (C=O) groups is 1. The van der Waals surface area contributed by atoms with Gasteiger partial charge in [-0.2, -0.15) is 0 Å². The van der Waals surface area contributed by atoms with Crippen LogP contribution in [-0.2, 0) is 4.74 Å². The van der Waals surface area contributed by atoms with Gasteiger partial charge in [0, 0.05) is 5.39 Å². The van der Waals surface area contributed by atoms with Gasteiger partial charge >= 0.3 is 5.97 Å². The predicted molar refractivity (Wildman–Crippen MR) is 52.9 cm³/mol. The molecule has 0 N–H and O–H groups in total. The number of rotatable bonds is 1. The summed E-state index contributed by atoms with van der Waals surface area (Å²) < 4.78 is 9.78. The van der Waals surface area contributed by atoms with Crippen LogP contribution in [0.1, 0.15) is 10.6 Å². The van der Waals surface area contributed by atoms with E-state index in [0.29, 0.717) is 11.0 Å². The normalized spacial score (nSPS) is 10.4. The predicted octanol–water partition coefficient (Wildman–Crippen LogP) is 1.01. The van der Waals surface area contributed by atoms with Crippen LogP contribution in [0.5, 0.6) is 0 Å². The first-order chi connectivity index (χ1) is 6.70. The summed E-state index contributed by atoms with van der Waals surface area (Å²) in [6.45, 7) is 0. The molecule has 2 rings (SSSR count). The number of benzene rings is 1. The van der Waals surface area contributed by atoms with Gasteiger partial charge in [-0.25, -0.2) is 4.79 Å². The SMILES string of the molecule is [B]c1ccc2oc(C(=O)OC)cc2c1. The zero-order valence-electron chi connectivity index (χ0n) is 7.61. The van der Waals surface area contributed by atoms with Crippen molar-refractivity contribution in [3.63, 3.8) is 0 Å². The van der Waals surface area contributed by atoms with Gasteiger partial charge in [0.2, 0.25) is 5.76 Å². The zero-order chi connectivity index (χ0) is 10.1. The minimum atomic E-state index is -0.486. The molecule has 0 fully saturated rings. The van der Waals surface area contributed by atoms with Crippen molar-refractivity contribution < 1.29 is 13.9 Å². The fourth-order valence-electron chi connectivity index (χ4n) is 1.26. The smallest absolute Gasteiger partial charge is 0.373 e. The van der Waals surface area contributed by atoms with Crippen LogP contribution in [0.15, 0.2) is 28.7 Å². The highest BCUT2D eigenvalue weighted by molar-refractivity contribution is 6.33. The lowest BCUT2D eigenvalue weighted by Gasteiger charge is -1.91. The molecule has 0 atom stereocenters. The van der Waals surface area contributed by atoms with Crippen LogP contribution in [0.25, 0.3) is 11.0 Å². The number of furan rings is 1. The molecule has 1 heterocycles. The summed E-state index contributed by atoms with van der Waals surface area (Å²) in [5.41, 5.74) is 1.26. The standard InChI is InChI=1S/C10H7BO3/c1-13-10(12)9-5-6-4-7(11)2-3-8(6)14-9/h2-5H,1H3. The second-order valence-corrected chi connectivity index (χ2v) is 2.90. The summed E-state index contributed by atoms with van der Waals surface area (Å²) in [6, 6.07) is 6.78. The third-order valence-corrected chi connectivity index (χ3v) is 1.93. The van der Waals surface area contributed by atoms with Crippen molar-refractivity contribution >= 4 is 30.2 Å². The van der Waals surface area contributed by atoms with Crippen LogP contribution in [0.3, 0.4) is 0 Å². The van der Waals surface area contributed by atoms with Crippen molar-refractivity contribution in [1.82, 2.24) is 0 Å². The Labute approximate surface area is 82.1 Å². The molecule has 0 aliphatic carbocycles. The van der Waals surface area contributed by atoms with Gasteiger partial charge in [-0.3, -0.25) is 0 Å². The van der Waals surface area contributed by atoms with Gasteiger partial charge in [-0.1, -0.05) is 17.6 Å². The van der Waals surface area contributed by atoms with Crippen molar-refractivity contribution in [2.24, 2.45) is 0 Å². The third-order valence-electron chi connectivity index (χ3n) is 1.93. The van der Waals surface area contributed by atoms with E-state index in [9.17, 15) is 4.79 Å². The third kappa shape index (κ3) is 1.39. The van der Waals surface area contributed by atoms with E-state index in [2.05, 4.69) is 4.74 Å². The van der Waals surface area contributed by atoms with Crippen LogP contribution in [0.2, 0.25) is 0 Å². The van der Waals surface area contributed by atoms with Crippen LogP contribution in [0.4, 0.5) is 0 Å². The fourth-order valence-corrected chi connectivity index (χ4v) is 1.26. The van der Waals surface area contributed by atoms with Gasteiger partial charge < -0.3 is 9.15 Å². The topological polar surface area (TPSA) is 39.4 Å². The average molecular weight is 186 g/mol. The molecule has 1 aromatic carbocycles. The molecule has 2 radical (unpaired) electrons. The molecule has 0 unspecified atom stereocenters. The molecule has 2 aromatic rings. The Morgan fingerprint density at radius 2 is 2.21 bits per heavy atom. The monoisotopic (exact) mass is 186 g/mol. The van der Waals surface area contributed by atoms with Gasteiger partial charge in [0.1, 0.15) is 13.4 Å². The second-order valence-electron chi connectivity index (χ2n) is 2.90. The number of methoxy groups -OCH3 is 1. The van der Waals surface area contributed by atoms with Crippen molar-refractivity contribution in [3.05, 3.63) is 30.0 Å².